The van der Waals surface area contributed by atoms with Crippen LogP contribution in [0.5, 0.6) is 0 Å². The van der Waals surface area contributed by atoms with Gasteiger partial charge in [-0.3, -0.25) is 9.36 Å². The predicted molar refractivity (Wildman–Crippen MR) is 103 cm³/mol. The van der Waals surface area contributed by atoms with Crippen LogP contribution in [0.1, 0.15) is 46.2 Å². The molecule has 0 saturated heterocycles. The maximum absolute atomic E-state index is 13.0. The van der Waals surface area contributed by atoms with E-state index in [9.17, 15) is 14.9 Å². The van der Waals surface area contributed by atoms with Crippen LogP contribution in [0.25, 0.3) is 5.88 Å². The summed E-state index contributed by atoms with van der Waals surface area (Å²) in [6, 6.07) is 14.5. The molecular formula is C22H19N3O4. The summed E-state index contributed by atoms with van der Waals surface area (Å²) < 4.78 is 12.9. The molecule has 1 atom stereocenters. The van der Waals surface area contributed by atoms with Crippen molar-refractivity contribution in [2.75, 3.05) is 0 Å². The number of hydrogen-bond acceptors (Lipinski definition) is 5. The second-order valence-electron chi connectivity index (χ2n) is 6.89. The summed E-state index contributed by atoms with van der Waals surface area (Å²) in [4.78, 5) is 25.7. The van der Waals surface area contributed by atoms with Crippen molar-refractivity contribution in [3.63, 3.8) is 0 Å². The quantitative estimate of drug-likeness (QED) is 0.652. The zero-order valence-corrected chi connectivity index (χ0v) is 15.8. The Morgan fingerprint density at radius 2 is 1.90 bits per heavy atom. The van der Waals surface area contributed by atoms with E-state index in [4.69, 9.17) is 9.15 Å². The van der Waals surface area contributed by atoms with Gasteiger partial charge in [-0.15, -0.1) is 0 Å². The van der Waals surface area contributed by atoms with Gasteiger partial charge in [-0.1, -0.05) is 30.3 Å². The van der Waals surface area contributed by atoms with Gasteiger partial charge in [0.1, 0.15) is 23.0 Å². The molecular weight excluding hydrogens is 370 g/mol. The van der Waals surface area contributed by atoms with Crippen molar-refractivity contribution in [1.82, 2.24) is 9.88 Å². The van der Waals surface area contributed by atoms with Gasteiger partial charge >= 0.3 is 5.97 Å². The molecule has 0 radical (unpaired) electrons. The molecule has 1 aromatic carbocycles. The molecule has 1 saturated carbocycles. The van der Waals surface area contributed by atoms with Crippen molar-refractivity contribution in [2.45, 2.75) is 31.9 Å². The standard InChI is InChI=1S/C22H19N3O4/c1-14-18(17(13-23)21(28-14)25-11-5-6-12-25)22(27)29-19(15-7-3-2-4-8-15)20(26)24-16-9-10-16/h2-8,11-12,16,19H,9-10H2,1H3,(H,24,26)/t19-/m1/s1. The second-order valence-corrected chi connectivity index (χ2v) is 6.89. The first-order valence-corrected chi connectivity index (χ1v) is 9.31. The van der Waals surface area contributed by atoms with Crippen LogP contribution < -0.4 is 5.32 Å². The average Bonchev–Trinajstić information content (AvgIpc) is 3.25. The molecule has 7 nitrogen and oxygen atoms in total. The molecule has 3 aromatic rings. The number of ether oxygens (including phenoxy) is 1. The Bertz CT molecular complexity index is 1070. The number of carbonyl (C=O) groups excluding carboxylic acids is 2. The zero-order valence-electron chi connectivity index (χ0n) is 15.8. The van der Waals surface area contributed by atoms with E-state index in [0.717, 1.165) is 12.8 Å². The van der Waals surface area contributed by atoms with E-state index >= 15 is 0 Å². The van der Waals surface area contributed by atoms with Gasteiger partial charge in [0, 0.05) is 24.0 Å². The molecule has 0 unspecified atom stereocenters. The molecule has 0 aliphatic heterocycles. The van der Waals surface area contributed by atoms with Crippen molar-refractivity contribution in [3.05, 3.63) is 77.3 Å². The number of nitrogens with zero attached hydrogens (tertiary/aromatic N) is 2. The number of hydrogen-bond donors (Lipinski definition) is 1. The number of amides is 1. The van der Waals surface area contributed by atoms with E-state index < -0.39 is 12.1 Å². The Balaban J connectivity index is 1.66. The van der Waals surface area contributed by atoms with Gasteiger partial charge in [0.2, 0.25) is 12.0 Å². The van der Waals surface area contributed by atoms with Gasteiger partial charge in [-0.25, -0.2) is 4.79 Å². The number of esters is 1. The lowest BCUT2D eigenvalue weighted by molar-refractivity contribution is -0.130. The first-order valence-electron chi connectivity index (χ1n) is 9.31. The minimum Gasteiger partial charge on any atom is -0.444 e. The maximum atomic E-state index is 13.0. The first-order chi connectivity index (χ1) is 14.1. The van der Waals surface area contributed by atoms with Crippen molar-refractivity contribution < 1.29 is 18.7 Å². The SMILES string of the molecule is Cc1oc(-n2cccc2)c(C#N)c1C(=O)O[C@@H](C(=O)NC1CC1)c1ccccc1. The predicted octanol–water partition coefficient (Wildman–Crippen LogP) is 3.43. The van der Waals surface area contributed by atoms with Crippen LogP contribution in [0.2, 0.25) is 0 Å². The molecule has 29 heavy (non-hydrogen) atoms. The summed E-state index contributed by atoms with van der Waals surface area (Å²) in [6.45, 7) is 1.59. The number of nitrogens with one attached hydrogen (secondary N) is 1. The van der Waals surface area contributed by atoms with E-state index in [1.807, 2.05) is 12.1 Å². The molecule has 4 rings (SSSR count). The third kappa shape index (κ3) is 3.78. The highest BCUT2D eigenvalue weighted by Gasteiger charge is 2.33. The minimum atomic E-state index is -1.11. The number of furan rings is 1. The Labute approximate surface area is 167 Å². The molecule has 2 aromatic heterocycles. The van der Waals surface area contributed by atoms with Crippen molar-refractivity contribution >= 4 is 11.9 Å². The normalized spacial score (nSPS) is 14.1. The van der Waals surface area contributed by atoms with Crippen molar-refractivity contribution in [3.8, 4) is 12.0 Å². The lowest BCUT2D eigenvalue weighted by Crippen LogP contribution is -2.33. The largest absolute Gasteiger partial charge is 0.444 e. The Kier molecular flexibility index (Phi) is 4.92. The highest BCUT2D eigenvalue weighted by Crippen LogP contribution is 2.29. The number of nitriles is 1. The molecule has 7 heteroatoms. The monoisotopic (exact) mass is 389 g/mol. The number of aromatic nitrogens is 1. The summed E-state index contributed by atoms with van der Waals surface area (Å²) >= 11 is 0. The van der Waals surface area contributed by atoms with Crippen molar-refractivity contribution in [2.24, 2.45) is 0 Å². The number of rotatable bonds is 6. The molecule has 2 heterocycles. The van der Waals surface area contributed by atoms with Gasteiger partial charge in [0.15, 0.2) is 0 Å². The Morgan fingerprint density at radius 1 is 1.21 bits per heavy atom. The van der Waals surface area contributed by atoms with Gasteiger partial charge in [0.25, 0.3) is 5.91 Å². The molecule has 1 aliphatic carbocycles. The van der Waals surface area contributed by atoms with E-state index in [0.29, 0.717) is 5.56 Å². The van der Waals surface area contributed by atoms with Crippen molar-refractivity contribution in [1.29, 1.82) is 5.26 Å². The molecule has 146 valence electrons. The van der Waals surface area contributed by atoms with E-state index in [1.165, 1.54) is 0 Å². The topological polar surface area (TPSA) is 97.3 Å². The third-order valence-electron chi connectivity index (χ3n) is 4.71. The van der Waals surface area contributed by atoms with E-state index in [1.54, 1.807) is 60.3 Å². The maximum Gasteiger partial charge on any atom is 0.344 e. The molecule has 1 N–H and O–H groups in total. The van der Waals surface area contributed by atoms with Crippen LogP contribution in [-0.2, 0) is 9.53 Å². The molecule has 1 fully saturated rings. The first kappa shape index (κ1) is 18.6. The molecule has 1 aliphatic rings. The fraction of sp³-hybridized carbons (Fsp3) is 0.227. The summed E-state index contributed by atoms with van der Waals surface area (Å²) in [7, 11) is 0. The smallest absolute Gasteiger partial charge is 0.344 e. The summed E-state index contributed by atoms with van der Waals surface area (Å²) in [5.74, 6) is -0.663. The number of carbonyl (C=O) groups is 2. The zero-order chi connectivity index (χ0) is 20.4. The molecule has 0 spiro atoms. The van der Waals surface area contributed by atoms with Crippen LogP contribution in [0.4, 0.5) is 0 Å². The summed E-state index contributed by atoms with van der Waals surface area (Å²) in [5.41, 5.74) is 0.652. The Morgan fingerprint density at radius 3 is 2.52 bits per heavy atom. The highest BCUT2D eigenvalue weighted by atomic mass is 16.5. The number of benzene rings is 1. The van der Waals surface area contributed by atoms with Crippen LogP contribution in [-0.4, -0.2) is 22.5 Å². The van der Waals surface area contributed by atoms with Crippen LogP contribution in [0, 0.1) is 18.3 Å². The van der Waals surface area contributed by atoms with Crippen LogP contribution in [0.3, 0.4) is 0 Å². The minimum absolute atomic E-state index is 0.0244. The molecule has 1 amide bonds. The summed E-state index contributed by atoms with van der Waals surface area (Å²) in [6.07, 6.45) is 4.15. The number of aryl methyl sites for hydroxylation is 1. The fourth-order valence-corrected chi connectivity index (χ4v) is 3.10. The van der Waals surface area contributed by atoms with Gasteiger partial charge in [0.05, 0.1) is 0 Å². The summed E-state index contributed by atoms with van der Waals surface area (Å²) in [5, 5.41) is 12.5. The van der Waals surface area contributed by atoms with Crippen LogP contribution in [0.15, 0.2) is 59.3 Å². The van der Waals surface area contributed by atoms with E-state index in [-0.39, 0.29) is 34.7 Å². The molecule has 0 bridgehead atoms. The highest BCUT2D eigenvalue weighted by molar-refractivity contribution is 5.96. The van der Waals surface area contributed by atoms with Crippen LogP contribution >= 0.6 is 0 Å². The third-order valence-corrected chi connectivity index (χ3v) is 4.71. The average molecular weight is 389 g/mol. The fourth-order valence-electron chi connectivity index (χ4n) is 3.10. The lowest BCUT2D eigenvalue weighted by Gasteiger charge is -2.18. The van der Waals surface area contributed by atoms with Gasteiger partial charge in [-0.05, 0) is 31.9 Å². The lowest BCUT2D eigenvalue weighted by atomic mass is 10.1. The Hall–Kier alpha value is -3.79. The van der Waals surface area contributed by atoms with Gasteiger partial charge in [-0.2, -0.15) is 5.26 Å². The second kappa shape index (κ2) is 7.68. The van der Waals surface area contributed by atoms with E-state index in [2.05, 4.69) is 5.32 Å². The van der Waals surface area contributed by atoms with Gasteiger partial charge < -0.3 is 14.5 Å².